The van der Waals surface area contributed by atoms with Gasteiger partial charge in [0, 0.05) is 4.90 Å². The summed E-state index contributed by atoms with van der Waals surface area (Å²) in [5, 5.41) is 0. The molecule has 1 aliphatic rings. The minimum atomic E-state index is -2.47. The van der Waals surface area contributed by atoms with E-state index in [0.29, 0.717) is 10.4 Å². The largest absolute Gasteiger partial charge is 0.494 e. The molecule has 1 aliphatic heterocycles. The zero-order valence-corrected chi connectivity index (χ0v) is 15.2. The van der Waals surface area contributed by atoms with Crippen molar-refractivity contribution in [1.82, 2.24) is 0 Å². The van der Waals surface area contributed by atoms with Gasteiger partial charge in [-0.05, 0) is 45.3 Å². The van der Waals surface area contributed by atoms with Gasteiger partial charge in [0.25, 0.3) is 0 Å². The molecule has 2 rings (SSSR count). The Morgan fingerprint density at radius 3 is 2.33 bits per heavy atom. The molecule has 0 radical (unpaired) electrons. The summed E-state index contributed by atoms with van der Waals surface area (Å²) < 4.78 is 41.7. The van der Waals surface area contributed by atoms with Crippen LogP contribution in [0, 0.1) is 0 Å². The van der Waals surface area contributed by atoms with E-state index in [4.69, 9.17) is 14.0 Å². The lowest BCUT2D eigenvalue weighted by molar-refractivity contribution is 0.00578. The van der Waals surface area contributed by atoms with E-state index in [9.17, 15) is 13.6 Å². The van der Waals surface area contributed by atoms with Crippen molar-refractivity contribution < 1.29 is 27.6 Å². The first-order valence-corrected chi connectivity index (χ1v) is 8.55. The summed E-state index contributed by atoms with van der Waals surface area (Å²) in [5.41, 5.74) is -0.0781. The molecule has 0 unspecified atom stereocenters. The third-order valence-electron chi connectivity index (χ3n) is 4.30. The fourth-order valence-electron chi connectivity index (χ4n) is 2.22. The molecule has 0 N–H and O–H groups in total. The third-order valence-corrected chi connectivity index (χ3v) is 5.37. The Bertz CT molecular complexity index is 606. The molecule has 1 saturated heterocycles. The summed E-state index contributed by atoms with van der Waals surface area (Å²) in [6, 6.07) is 4.91. The maximum Gasteiger partial charge on any atom is 0.494 e. The molecule has 24 heavy (non-hydrogen) atoms. The zero-order valence-electron chi connectivity index (χ0n) is 14.4. The van der Waals surface area contributed by atoms with E-state index in [1.165, 1.54) is 7.11 Å². The molecule has 132 valence electrons. The van der Waals surface area contributed by atoms with E-state index in [1.54, 1.807) is 18.2 Å². The van der Waals surface area contributed by atoms with E-state index in [-0.39, 0.29) is 5.56 Å². The number of alkyl halides is 2. The van der Waals surface area contributed by atoms with Gasteiger partial charge in [-0.1, -0.05) is 6.07 Å². The number of ether oxygens (including phenoxy) is 1. The first kappa shape index (κ1) is 19.2. The van der Waals surface area contributed by atoms with Crippen molar-refractivity contribution in [2.24, 2.45) is 0 Å². The minimum Gasteiger partial charge on any atom is -0.465 e. The van der Waals surface area contributed by atoms with Crippen molar-refractivity contribution in [1.29, 1.82) is 0 Å². The van der Waals surface area contributed by atoms with Gasteiger partial charge in [-0.15, -0.1) is 11.8 Å². The van der Waals surface area contributed by atoms with E-state index in [2.05, 4.69) is 0 Å². The fourth-order valence-corrected chi connectivity index (χ4v) is 3.05. The van der Waals surface area contributed by atoms with Crippen molar-refractivity contribution in [3.63, 3.8) is 0 Å². The van der Waals surface area contributed by atoms with Gasteiger partial charge in [0.2, 0.25) is 6.43 Å². The molecular weight excluding hydrogens is 337 g/mol. The van der Waals surface area contributed by atoms with Crippen LogP contribution in [0.25, 0.3) is 0 Å². The molecule has 0 aromatic heterocycles. The molecule has 1 aromatic carbocycles. The Balaban J connectivity index is 2.32. The van der Waals surface area contributed by atoms with Crippen LogP contribution in [-0.4, -0.2) is 43.6 Å². The average Bonchev–Trinajstić information content (AvgIpc) is 2.72. The number of carbonyl (C=O) groups is 1. The van der Waals surface area contributed by atoms with Crippen LogP contribution in [-0.2, 0) is 14.0 Å². The van der Waals surface area contributed by atoms with Gasteiger partial charge in [-0.3, -0.25) is 0 Å². The standard InChI is InChI=1S/C16H21BF2O4S/c1-15(2)16(3,4)23-17(22-15)10-6-7-11(14(20)21-5)12(8-10)24-9-13(18)19/h6-8,13H,9H2,1-5H3. The summed E-state index contributed by atoms with van der Waals surface area (Å²) in [6.07, 6.45) is -2.47. The van der Waals surface area contributed by atoms with Gasteiger partial charge in [0.15, 0.2) is 0 Å². The van der Waals surface area contributed by atoms with Gasteiger partial charge in [-0.25, -0.2) is 13.6 Å². The molecule has 8 heteroatoms. The number of carbonyl (C=O) groups excluding carboxylic acids is 1. The van der Waals surface area contributed by atoms with Crippen molar-refractivity contribution in [3.05, 3.63) is 23.8 Å². The average molecular weight is 358 g/mol. The number of thioether (sulfide) groups is 1. The van der Waals surface area contributed by atoms with Crippen LogP contribution in [0.3, 0.4) is 0 Å². The molecule has 0 aliphatic carbocycles. The summed E-state index contributed by atoms with van der Waals surface area (Å²) in [4.78, 5) is 12.3. The lowest BCUT2D eigenvalue weighted by Gasteiger charge is -2.32. The quantitative estimate of drug-likeness (QED) is 0.460. The second-order valence-corrected chi connectivity index (χ2v) is 7.60. The number of halogens is 2. The number of hydrogen-bond acceptors (Lipinski definition) is 5. The highest BCUT2D eigenvalue weighted by Crippen LogP contribution is 2.37. The summed E-state index contributed by atoms with van der Waals surface area (Å²) in [6.45, 7) is 7.73. The number of hydrogen-bond donors (Lipinski definition) is 0. The van der Waals surface area contributed by atoms with Gasteiger partial charge >= 0.3 is 13.1 Å². The molecule has 1 aromatic rings. The van der Waals surface area contributed by atoms with E-state index in [0.717, 1.165) is 11.8 Å². The van der Waals surface area contributed by atoms with E-state index in [1.807, 2.05) is 27.7 Å². The molecule has 0 saturated carbocycles. The Hall–Kier alpha value is -1.12. The monoisotopic (exact) mass is 358 g/mol. The molecular formula is C16H21BF2O4S. The van der Waals surface area contributed by atoms with Gasteiger partial charge < -0.3 is 14.0 Å². The van der Waals surface area contributed by atoms with Crippen LogP contribution in [0.1, 0.15) is 38.1 Å². The lowest BCUT2D eigenvalue weighted by Crippen LogP contribution is -2.41. The van der Waals surface area contributed by atoms with Crippen molar-refractivity contribution in [3.8, 4) is 0 Å². The molecule has 0 atom stereocenters. The van der Waals surface area contributed by atoms with Crippen LogP contribution in [0.5, 0.6) is 0 Å². The van der Waals surface area contributed by atoms with Crippen LogP contribution in [0.2, 0.25) is 0 Å². The third kappa shape index (κ3) is 3.92. The summed E-state index contributed by atoms with van der Waals surface area (Å²) in [5.74, 6) is -0.969. The van der Waals surface area contributed by atoms with Crippen molar-refractivity contribution in [2.45, 2.75) is 50.2 Å². The maximum atomic E-state index is 12.6. The number of esters is 1. The maximum absolute atomic E-state index is 12.6. The van der Waals surface area contributed by atoms with E-state index < -0.39 is 36.5 Å². The normalized spacial score (nSPS) is 18.9. The predicted octanol–water partition coefficient (Wildman–Crippen LogP) is 3.13. The minimum absolute atomic E-state index is 0.253. The first-order chi connectivity index (χ1) is 11.1. The van der Waals surface area contributed by atoms with Crippen LogP contribution in [0.15, 0.2) is 23.1 Å². The highest BCUT2D eigenvalue weighted by molar-refractivity contribution is 7.99. The van der Waals surface area contributed by atoms with Crippen LogP contribution < -0.4 is 5.46 Å². The van der Waals surface area contributed by atoms with Crippen LogP contribution in [0.4, 0.5) is 8.78 Å². The van der Waals surface area contributed by atoms with E-state index >= 15 is 0 Å². The number of methoxy groups -OCH3 is 1. The van der Waals surface area contributed by atoms with Gasteiger partial charge in [0.05, 0.1) is 29.6 Å². The number of benzene rings is 1. The topological polar surface area (TPSA) is 44.8 Å². The van der Waals surface area contributed by atoms with Crippen LogP contribution >= 0.6 is 11.8 Å². The van der Waals surface area contributed by atoms with Gasteiger partial charge in [-0.2, -0.15) is 0 Å². The highest BCUT2D eigenvalue weighted by atomic mass is 32.2. The molecule has 4 nitrogen and oxygen atoms in total. The molecule has 0 spiro atoms. The highest BCUT2D eigenvalue weighted by Gasteiger charge is 2.51. The Morgan fingerprint density at radius 1 is 1.25 bits per heavy atom. The Morgan fingerprint density at radius 2 is 1.83 bits per heavy atom. The fraction of sp³-hybridized carbons (Fsp3) is 0.562. The smallest absolute Gasteiger partial charge is 0.465 e. The molecule has 0 bridgehead atoms. The first-order valence-electron chi connectivity index (χ1n) is 7.56. The lowest BCUT2D eigenvalue weighted by atomic mass is 9.79. The zero-order chi connectivity index (χ0) is 18.1. The Labute approximate surface area is 145 Å². The number of rotatable bonds is 5. The molecule has 1 heterocycles. The SMILES string of the molecule is COC(=O)c1ccc(B2OC(C)(C)C(C)(C)O2)cc1SCC(F)F. The Kier molecular flexibility index (Phi) is 5.62. The molecule has 0 amide bonds. The predicted molar refractivity (Wildman–Crippen MR) is 90.2 cm³/mol. The second-order valence-electron chi connectivity index (χ2n) is 6.54. The summed E-state index contributed by atoms with van der Waals surface area (Å²) >= 11 is 0.910. The molecule has 1 fully saturated rings. The van der Waals surface area contributed by atoms with Gasteiger partial charge in [0.1, 0.15) is 0 Å². The van der Waals surface area contributed by atoms with Crippen molar-refractivity contribution in [2.75, 3.05) is 12.9 Å². The van der Waals surface area contributed by atoms with Crippen molar-refractivity contribution >= 4 is 30.3 Å². The summed E-state index contributed by atoms with van der Waals surface area (Å²) in [7, 11) is 0.638. The second kappa shape index (κ2) is 7.02.